The number of hydrogen-bond donors (Lipinski definition) is 1. The van der Waals surface area contributed by atoms with E-state index in [2.05, 4.69) is 4.74 Å². The van der Waals surface area contributed by atoms with Gasteiger partial charge in [0.2, 0.25) is 0 Å². The lowest BCUT2D eigenvalue weighted by atomic mass is 10.2. The van der Waals surface area contributed by atoms with Crippen molar-refractivity contribution < 1.29 is 14.6 Å². The second kappa shape index (κ2) is 4.12. The number of ether oxygens (including phenoxy) is 1. The van der Waals surface area contributed by atoms with Crippen molar-refractivity contribution in [2.45, 2.75) is 0 Å². The maximum Gasteiger partial charge on any atom is 0.339 e. The minimum absolute atomic E-state index is 0.0804. The van der Waals surface area contributed by atoms with E-state index in [1.807, 2.05) is 0 Å². The molecule has 0 unspecified atom stereocenters. The molecule has 0 spiro atoms. The van der Waals surface area contributed by atoms with Crippen LogP contribution in [0, 0.1) is 11.3 Å². The molecule has 1 aromatic rings. The number of benzene rings is 1. The van der Waals surface area contributed by atoms with Crippen LogP contribution in [0.1, 0.15) is 10.4 Å². The molecule has 0 amide bonds. The molecule has 13 heavy (non-hydrogen) atoms. The first kappa shape index (κ1) is 9.07. The molecule has 0 atom stereocenters. The molecule has 0 bridgehead atoms. The topological polar surface area (TPSA) is 70.3 Å². The number of nitriles is 1. The van der Waals surface area contributed by atoms with Crippen molar-refractivity contribution in [3.63, 3.8) is 0 Å². The molecule has 0 aromatic heterocycles. The number of aromatic hydroxyl groups is 1. The van der Waals surface area contributed by atoms with Crippen LogP contribution in [0.25, 0.3) is 0 Å². The van der Waals surface area contributed by atoms with E-state index >= 15 is 0 Å². The van der Waals surface area contributed by atoms with E-state index in [1.165, 1.54) is 24.3 Å². The molecule has 0 heterocycles. The lowest BCUT2D eigenvalue weighted by molar-refractivity contribution is 0.0555. The summed E-state index contributed by atoms with van der Waals surface area (Å²) in [5.41, 5.74) is 0.313. The molecular formula is C9H7NO3. The molecule has 4 nitrogen and oxygen atoms in total. The summed E-state index contributed by atoms with van der Waals surface area (Å²) in [6.07, 6.45) is 0. The van der Waals surface area contributed by atoms with Gasteiger partial charge in [0, 0.05) is 0 Å². The molecule has 1 N–H and O–H groups in total. The molecule has 4 heteroatoms. The standard InChI is InChI=1S/C9H7NO3/c10-5-6-13-9(12)7-1-3-8(11)4-2-7/h1-4,11H,6H2. The van der Waals surface area contributed by atoms with Crippen LogP contribution in [-0.2, 0) is 4.74 Å². The Morgan fingerprint density at radius 2 is 2.08 bits per heavy atom. The van der Waals surface area contributed by atoms with Gasteiger partial charge in [-0.15, -0.1) is 0 Å². The minimum Gasteiger partial charge on any atom is -0.508 e. The Morgan fingerprint density at radius 1 is 1.46 bits per heavy atom. The Balaban J connectivity index is 2.68. The Hall–Kier alpha value is -2.02. The summed E-state index contributed by atoms with van der Waals surface area (Å²) in [6, 6.07) is 7.29. The van der Waals surface area contributed by atoms with E-state index in [0.717, 1.165) is 0 Å². The zero-order valence-corrected chi connectivity index (χ0v) is 6.73. The van der Waals surface area contributed by atoms with Gasteiger partial charge < -0.3 is 9.84 Å². The molecule has 0 aliphatic carbocycles. The fourth-order valence-corrected chi connectivity index (χ4v) is 0.779. The van der Waals surface area contributed by atoms with Crippen molar-refractivity contribution in [2.75, 3.05) is 6.61 Å². The predicted molar refractivity (Wildman–Crippen MR) is 44.0 cm³/mol. The number of rotatable bonds is 2. The van der Waals surface area contributed by atoms with E-state index in [9.17, 15) is 4.79 Å². The van der Waals surface area contributed by atoms with Crippen LogP contribution in [0.4, 0.5) is 0 Å². The highest BCUT2D eigenvalue weighted by atomic mass is 16.5. The summed E-state index contributed by atoms with van der Waals surface area (Å²) < 4.78 is 4.54. The average molecular weight is 177 g/mol. The summed E-state index contributed by atoms with van der Waals surface area (Å²) in [5, 5.41) is 17.0. The van der Waals surface area contributed by atoms with E-state index < -0.39 is 5.97 Å². The second-order valence-corrected chi connectivity index (χ2v) is 2.28. The number of nitrogens with zero attached hydrogens (tertiary/aromatic N) is 1. The van der Waals surface area contributed by atoms with Gasteiger partial charge in [-0.25, -0.2) is 4.79 Å². The second-order valence-electron chi connectivity index (χ2n) is 2.28. The quantitative estimate of drug-likeness (QED) is 0.686. The van der Waals surface area contributed by atoms with Crippen molar-refractivity contribution in [1.29, 1.82) is 5.26 Å². The summed E-state index contributed by atoms with van der Waals surface area (Å²) in [7, 11) is 0. The van der Waals surface area contributed by atoms with Crippen LogP contribution in [0.5, 0.6) is 5.75 Å². The molecule has 1 rings (SSSR count). The summed E-state index contributed by atoms with van der Waals surface area (Å²) in [6.45, 7) is -0.264. The third kappa shape index (κ3) is 2.49. The summed E-state index contributed by atoms with van der Waals surface area (Å²) >= 11 is 0. The SMILES string of the molecule is N#CCOC(=O)c1ccc(O)cc1. The Labute approximate surface area is 75.0 Å². The number of phenolic OH excluding ortho intramolecular Hbond substituents is 1. The van der Waals surface area contributed by atoms with Gasteiger partial charge in [-0.1, -0.05) is 0 Å². The van der Waals surface area contributed by atoms with Crippen molar-refractivity contribution in [3.8, 4) is 11.8 Å². The van der Waals surface area contributed by atoms with Crippen LogP contribution < -0.4 is 0 Å². The Bertz CT molecular complexity index is 337. The summed E-state index contributed by atoms with van der Waals surface area (Å²) in [5.74, 6) is -0.488. The molecular weight excluding hydrogens is 170 g/mol. The first-order chi connectivity index (χ1) is 6.24. The number of carbonyl (C=O) groups excluding carboxylic acids is 1. The molecule has 66 valence electrons. The smallest absolute Gasteiger partial charge is 0.339 e. The van der Waals surface area contributed by atoms with Gasteiger partial charge in [-0.05, 0) is 24.3 Å². The van der Waals surface area contributed by atoms with E-state index in [1.54, 1.807) is 6.07 Å². The van der Waals surface area contributed by atoms with Gasteiger partial charge in [0.25, 0.3) is 0 Å². The maximum atomic E-state index is 11.1. The van der Waals surface area contributed by atoms with Gasteiger partial charge in [-0.3, -0.25) is 0 Å². The molecule has 0 fully saturated rings. The monoisotopic (exact) mass is 177 g/mol. The Morgan fingerprint density at radius 3 is 2.62 bits per heavy atom. The molecule has 0 saturated carbocycles. The number of esters is 1. The zero-order valence-electron chi connectivity index (χ0n) is 6.73. The predicted octanol–water partition coefficient (Wildman–Crippen LogP) is 1.07. The molecule has 0 saturated heterocycles. The molecule has 0 aliphatic heterocycles. The first-order valence-corrected chi connectivity index (χ1v) is 3.57. The van der Waals surface area contributed by atoms with Crippen molar-refractivity contribution in [1.82, 2.24) is 0 Å². The van der Waals surface area contributed by atoms with Crippen LogP contribution >= 0.6 is 0 Å². The maximum absolute atomic E-state index is 11.1. The fraction of sp³-hybridized carbons (Fsp3) is 0.111. The highest BCUT2D eigenvalue weighted by Gasteiger charge is 2.05. The van der Waals surface area contributed by atoms with Gasteiger partial charge >= 0.3 is 5.97 Å². The highest BCUT2D eigenvalue weighted by molar-refractivity contribution is 5.89. The molecule has 0 radical (unpaired) electrons. The van der Waals surface area contributed by atoms with Crippen LogP contribution in [-0.4, -0.2) is 17.7 Å². The highest BCUT2D eigenvalue weighted by Crippen LogP contribution is 2.10. The number of hydrogen-bond acceptors (Lipinski definition) is 4. The molecule has 1 aromatic carbocycles. The van der Waals surface area contributed by atoms with E-state index in [4.69, 9.17) is 10.4 Å². The zero-order chi connectivity index (χ0) is 9.68. The van der Waals surface area contributed by atoms with Crippen molar-refractivity contribution in [3.05, 3.63) is 29.8 Å². The normalized spacial score (nSPS) is 8.85. The van der Waals surface area contributed by atoms with Gasteiger partial charge in [0.1, 0.15) is 11.8 Å². The minimum atomic E-state index is -0.568. The number of phenols is 1. The van der Waals surface area contributed by atoms with E-state index in [0.29, 0.717) is 5.56 Å². The lowest BCUT2D eigenvalue weighted by Crippen LogP contribution is -2.04. The average Bonchev–Trinajstić information content (AvgIpc) is 2.15. The molecule has 0 aliphatic rings. The van der Waals surface area contributed by atoms with Gasteiger partial charge in [-0.2, -0.15) is 5.26 Å². The van der Waals surface area contributed by atoms with Crippen molar-refractivity contribution >= 4 is 5.97 Å². The van der Waals surface area contributed by atoms with Crippen LogP contribution in [0.3, 0.4) is 0 Å². The largest absolute Gasteiger partial charge is 0.508 e. The third-order valence-electron chi connectivity index (χ3n) is 1.37. The Kier molecular flexibility index (Phi) is 2.87. The van der Waals surface area contributed by atoms with Gasteiger partial charge in [0.05, 0.1) is 5.56 Å². The summed E-state index contributed by atoms with van der Waals surface area (Å²) in [4.78, 5) is 11.1. The van der Waals surface area contributed by atoms with Crippen molar-refractivity contribution in [2.24, 2.45) is 0 Å². The first-order valence-electron chi connectivity index (χ1n) is 3.57. The van der Waals surface area contributed by atoms with Gasteiger partial charge in [0.15, 0.2) is 6.61 Å². The van der Waals surface area contributed by atoms with Crippen LogP contribution in [0.2, 0.25) is 0 Å². The van der Waals surface area contributed by atoms with E-state index in [-0.39, 0.29) is 12.4 Å². The lowest BCUT2D eigenvalue weighted by Gasteiger charge is -1.99. The van der Waals surface area contributed by atoms with Crippen LogP contribution in [0.15, 0.2) is 24.3 Å². The third-order valence-corrected chi connectivity index (χ3v) is 1.37. The fourth-order valence-electron chi connectivity index (χ4n) is 0.779. The number of carbonyl (C=O) groups is 1.